The molecule has 0 aliphatic carbocycles. The van der Waals surface area contributed by atoms with E-state index in [9.17, 15) is 18.0 Å². The molecule has 3 heterocycles. The molecule has 4 rings (SSSR count). The molecule has 1 aliphatic rings. The number of aromatic nitrogens is 5. The highest BCUT2D eigenvalue weighted by Gasteiger charge is 2.37. The van der Waals surface area contributed by atoms with Gasteiger partial charge in [0.1, 0.15) is 6.54 Å². The van der Waals surface area contributed by atoms with Gasteiger partial charge in [-0.25, -0.2) is 14.6 Å². The maximum atomic E-state index is 13.0. The number of rotatable bonds is 5. The number of alkyl halides is 3. The zero-order chi connectivity index (χ0) is 25.3. The van der Waals surface area contributed by atoms with E-state index in [1.54, 1.807) is 28.1 Å². The fraction of sp³-hybridized carbons (Fsp3) is 0.409. The van der Waals surface area contributed by atoms with Crippen molar-refractivity contribution in [2.45, 2.75) is 31.5 Å². The van der Waals surface area contributed by atoms with Gasteiger partial charge < -0.3 is 15.5 Å². The van der Waals surface area contributed by atoms with Crippen molar-refractivity contribution in [1.82, 2.24) is 29.6 Å². The molecule has 0 saturated carbocycles. The van der Waals surface area contributed by atoms with Gasteiger partial charge in [0.05, 0.1) is 5.69 Å². The van der Waals surface area contributed by atoms with Crippen LogP contribution in [0.3, 0.4) is 0 Å². The van der Waals surface area contributed by atoms with Crippen molar-refractivity contribution in [2.75, 3.05) is 37.8 Å². The fourth-order valence-corrected chi connectivity index (χ4v) is 4.14. The number of amides is 1. The average Bonchev–Trinajstić information content (AvgIpc) is 3.20. The van der Waals surface area contributed by atoms with Crippen LogP contribution in [0.15, 0.2) is 30.5 Å². The number of nitrogens with two attached hydrogens (primary N) is 1. The second-order valence-electron chi connectivity index (χ2n) is 8.50. The smallest absolute Gasteiger partial charge is 0.368 e. The van der Waals surface area contributed by atoms with E-state index in [0.29, 0.717) is 30.5 Å². The minimum absolute atomic E-state index is 0.0982. The highest BCUT2D eigenvalue weighted by atomic mass is 35.5. The first-order chi connectivity index (χ1) is 16.5. The summed E-state index contributed by atoms with van der Waals surface area (Å²) in [5, 5.41) is 3.96. The Kier molecular flexibility index (Phi) is 6.84. The molecule has 0 spiro atoms. The summed E-state index contributed by atoms with van der Waals surface area (Å²) < 4.78 is 39.4. The number of benzene rings is 1. The SMILES string of the molecule is CN(C)c1ncc(-c2ccc(Cl)cc2)c(C2CCCN(C(=O)Cn3nc(C(F)(F)F)nc3N)C2)n1. The summed E-state index contributed by atoms with van der Waals surface area (Å²) in [7, 11) is 3.69. The topological polar surface area (TPSA) is 106 Å². The molecule has 0 bridgehead atoms. The van der Waals surface area contributed by atoms with Gasteiger partial charge in [-0.05, 0) is 30.5 Å². The fourth-order valence-electron chi connectivity index (χ4n) is 4.01. The molecule has 2 N–H and O–H groups in total. The molecule has 1 amide bonds. The Morgan fingerprint density at radius 1 is 1.23 bits per heavy atom. The minimum Gasteiger partial charge on any atom is -0.368 e. The first kappa shape index (κ1) is 24.7. The summed E-state index contributed by atoms with van der Waals surface area (Å²) in [6.45, 7) is 0.389. The number of hydrogen-bond acceptors (Lipinski definition) is 7. The molecule has 1 unspecified atom stereocenters. The molecule has 1 saturated heterocycles. The number of carbonyl (C=O) groups excluding carboxylic acids is 1. The van der Waals surface area contributed by atoms with Crippen LogP contribution in [0.2, 0.25) is 5.02 Å². The molecule has 1 fully saturated rings. The monoisotopic (exact) mass is 508 g/mol. The number of halogens is 4. The number of piperidine rings is 1. The molecule has 0 radical (unpaired) electrons. The van der Waals surface area contributed by atoms with Gasteiger partial charge in [0.15, 0.2) is 0 Å². The second-order valence-corrected chi connectivity index (χ2v) is 8.93. The van der Waals surface area contributed by atoms with Crippen LogP contribution in [-0.2, 0) is 17.5 Å². The van der Waals surface area contributed by atoms with Crippen LogP contribution >= 0.6 is 11.6 Å². The van der Waals surface area contributed by atoms with Crippen LogP contribution in [-0.4, -0.2) is 62.7 Å². The first-order valence-electron chi connectivity index (χ1n) is 10.9. The number of nitrogen functional groups attached to an aromatic ring is 1. The van der Waals surface area contributed by atoms with Gasteiger partial charge in [-0.15, -0.1) is 5.10 Å². The summed E-state index contributed by atoms with van der Waals surface area (Å²) in [5.74, 6) is -1.79. The van der Waals surface area contributed by atoms with E-state index < -0.39 is 30.4 Å². The van der Waals surface area contributed by atoms with E-state index in [1.165, 1.54) is 0 Å². The summed E-state index contributed by atoms with van der Waals surface area (Å²) in [6.07, 6.45) is -1.49. The van der Waals surface area contributed by atoms with Crippen molar-refractivity contribution in [3.05, 3.63) is 47.0 Å². The lowest BCUT2D eigenvalue weighted by Crippen LogP contribution is -2.41. The Balaban J connectivity index is 1.59. The number of likely N-dealkylation sites (tertiary alicyclic amines) is 1. The Bertz CT molecular complexity index is 1210. The zero-order valence-corrected chi connectivity index (χ0v) is 19.9. The summed E-state index contributed by atoms with van der Waals surface area (Å²) in [4.78, 5) is 28.8. The van der Waals surface area contributed by atoms with Crippen LogP contribution in [0, 0.1) is 0 Å². The van der Waals surface area contributed by atoms with Gasteiger partial charge in [0.25, 0.3) is 5.82 Å². The Morgan fingerprint density at radius 3 is 2.57 bits per heavy atom. The molecule has 1 atom stereocenters. The van der Waals surface area contributed by atoms with Crippen LogP contribution < -0.4 is 10.6 Å². The number of carbonyl (C=O) groups is 1. The Morgan fingerprint density at radius 2 is 1.94 bits per heavy atom. The first-order valence-corrected chi connectivity index (χ1v) is 11.3. The van der Waals surface area contributed by atoms with E-state index >= 15 is 0 Å². The van der Waals surface area contributed by atoms with E-state index in [1.807, 2.05) is 26.2 Å². The molecule has 3 aromatic rings. The van der Waals surface area contributed by atoms with Crippen LogP contribution in [0.5, 0.6) is 0 Å². The van der Waals surface area contributed by atoms with Crippen molar-refractivity contribution >= 4 is 29.4 Å². The second kappa shape index (κ2) is 9.68. The van der Waals surface area contributed by atoms with Crippen molar-refractivity contribution in [1.29, 1.82) is 0 Å². The molecule has 2 aromatic heterocycles. The van der Waals surface area contributed by atoms with Gasteiger partial charge in [0.2, 0.25) is 17.8 Å². The van der Waals surface area contributed by atoms with E-state index in [-0.39, 0.29) is 5.92 Å². The molecule has 186 valence electrons. The zero-order valence-electron chi connectivity index (χ0n) is 19.1. The van der Waals surface area contributed by atoms with Crippen molar-refractivity contribution in [3.63, 3.8) is 0 Å². The quantitative estimate of drug-likeness (QED) is 0.562. The van der Waals surface area contributed by atoms with Crippen LogP contribution in [0.1, 0.15) is 30.3 Å². The largest absolute Gasteiger partial charge is 0.453 e. The maximum absolute atomic E-state index is 13.0. The molecule has 1 aliphatic heterocycles. The highest BCUT2D eigenvalue weighted by molar-refractivity contribution is 6.30. The number of hydrogen-bond donors (Lipinski definition) is 1. The van der Waals surface area contributed by atoms with Gasteiger partial charge in [0, 0.05) is 49.9 Å². The molecular formula is C22H24ClF3N8O. The van der Waals surface area contributed by atoms with Crippen molar-refractivity contribution in [2.24, 2.45) is 0 Å². The van der Waals surface area contributed by atoms with E-state index in [0.717, 1.165) is 27.9 Å². The van der Waals surface area contributed by atoms with Crippen molar-refractivity contribution < 1.29 is 18.0 Å². The summed E-state index contributed by atoms with van der Waals surface area (Å²) in [6, 6.07) is 7.35. The number of nitrogens with zero attached hydrogens (tertiary/aromatic N) is 7. The van der Waals surface area contributed by atoms with Gasteiger partial charge >= 0.3 is 6.18 Å². The van der Waals surface area contributed by atoms with Gasteiger partial charge in [-0.2, -0.15) is 18.2 Å². The molecular weight excluding hydrogens is 485 g/mol. The molecule has 13 heteroatoms. The Hall–Kier alpha value is -3.41. The lowest BCUT2D eigenvalue weighted by Gasteiger charge is -2.33. The molecule has 1 aromatic carbocycles. The predicted molar refractivity (Wildman–Crippen MR) is 125 cm³/mol. The van der Waals surface area contributed by atoms with Crippen LogP contribution in [0.25, 0.3) is 11.1 Å². The van der Waals surface area contributed by atoms with Gasteiger partial charge in [-0.3, -0.25) is 4.79 Å². The third kappa shape index (κ3) is 5.47. The normalized spacial score (nSPS) is 16.4. The summed E-state index contributed by atoms with van der Waals surface area (Å²) >= 11 is 6.05. The predicted octanol–water partition coefficient (Wildman–Crippen LogP) is 3.46. The third-order valence-electron chi connectivity index (χ3n) is 5.76. The van der Waals surface area contributed by atoms with Gasteiger partial charge in [-0.1, -0.05) is 23.7 Å². The average molecular weight is 509 g/mol. The summed E-state index contributed by atoms with van der Waals surface area (Å²) in [5.41, 5.74) is 8.09. The molecule has 35 heavy (non-hydrogen) atoms. The van der Waals surface area contributed by atoms with Crippen LogP contribution in [0.4, 0.5) is 25.1 Å². The Labute approximate surface area is 204 Å². The minimum atomic E-state index is -4.74. The third-order valence-corrected chi connectivity index (χ3v) is 6.01. The maximum Gasteiger partial charge on any atom is 0.453 e. The number of anilines is 2. The van der Waals surface area contributed by atoms with E-state index in [4.69, 9.17) is 22.3 Å². The molecule has 9 nitrogen and oxygen atoms in total. The van der Waals surface area contributed by atoms with Crippen molar-refractivity contribution in [3.8, 4) is 11.1 Å². The highest BCUT2D eigenvalue weighted by Crippen LogP contribution is 2.34. The standard InChI is InChI=1S/C22H24ClF3N8O/c1-32(2)21-28-10-16(13-5-7-15(23)8-6-13)18(29-21)14-4-3-9-33(11-14)17(35)12-34-20(27)30-19(31-34)22(24,25)26/h5-8,10,14H,3-4,9,11-12H2,1-2H3,(H2,27,30,31). The van der Waals surface area contributed by atoms with E-state index in [2.05, 4.69) is 15.1 Å². The lowest BCUT2D eigenvalue weighted by atomic mass is 9.90. The lowest BCUT2D eigenvalue weighted by molar-refractivity contribution is -0.145.